The molecule has 1 atom stereocenters. The van der Waals surface area contributed by atoms with Crippen LogP contribution in [0.3, 0.4) is 0 Å². The fourth-order valence-corrected chi connectivity index (χ4v) is 6.31. The first-order valence-electron chi connectivity index (χ1n) is 13.6. The average Bonchev–Trinajstić information content (AvgIpc) is 3.65. The molecule has 1 aliphatic heterocycles. The van der Waals surface area contributed by atoms with E-state index < -0.39 is 0 Å². The minimum atomic E-state index is -0.298. The quantitative estimate of drug-likeness (QED) is 0.245. The predicted octanol–water partition coefficient (Wildman–Crippen LogP) is 5.93. The van der Waals surface area contributed by atoms with E-state index in [1.54, 1.807) is 46.8 Å². The molecule has 3 heterocycles. The van der Waals surface area contributed by atoms with E-state index in [9.17, 15) is 9.59 Å². The number of rotatable bonds is 8. The first kappa shape index (κ1) is 27.4. The van der Waals surface area contributed by atoms with Gasteiger partial charge < -0.3 is 14.5 Å². The maximum absolute atomic E-state index is 13.9. The standard InChI is InChI=1S/C33H30N4O4S/c1-22-8-6-11-24(18-22)32-30-31(23-9-4-3-5-10-23)35-37(25-13-15-26(40-2)16-14-25)33(30)36(29(39)21-42-32)20-28(38)34-19-27-12-7-17-41-27/h3-18,32H,19-21H2,1-2H3,(H,34,38)/t32-/m1/s1. The van der Waals surface area contributed by atoms with E-state index in [1.807, 2.05) is 60.7 Å². The average molecular weight is 579 g/mol. The highest BCUT2D eigenvalue weighted by molar-refractivity contribution is 8.00. The Balaban J connectivity index is 1.53. The Labute approximate surface area is 248 Å². The summed E-state index contributed by atoms with van der Waals surface area (Å²) in [6, 6.07) is 29.4. The Morgan fingerprint density at radius 1 is 1.05 bits per heavy atom. The molecule has 0 saturated heterocycles. The number of hydrogen-bond donors (Lipinski definition) is 1. The van der Waals surface area contributed by atoms with Crippen molar-refractivity contribution in [3.05, 3.63) is 120 Å². The summed E-state index contributed by atoms with van der Waals surface area (Å²) < 4.78 is 12.5. The van der Waals surface area contributed by atoms with Gasteiger partial charge in [-0.3, -0.25) is 14.5 Å². The van der Waals surface area contributed by atoms with Crippen LogP contribution in [0.2, 0.25) is 0 Å². The van der Waals surface area contributed by atoms with Gasteiger partial charge in [-0.1, -0.05) is 60.2 Å². The number of nitrogens with one attached hydrogen (secondary N) is 1. The van der Waals surface area contributed by atoms with Crippen molar-refractivity contribution < 1.29 is 18.7 Å². The number of aryl methyl sites for hydroxylation is 1. The number of nitrogens with zero attached hydrogens (tertiary/aromatic N) is 3. The van der Waals surface area contributed by atoms with Gasteiger partial charge in [-0.15, -0.1) is 11.8 Å². The summed E-state index contributed by atoms with van der Waals surface area (Å²) in [6.07, 6.45) is 1.56. The lowest BCUT2D eigenvalue weighted by Crippen LogP contribution is -2.42. The summed E-state index contributed by atoms with van der Waals surface area (Å²) in [7, 11) is 1.62. The second kappa shape index (κ2) is 12.0. The topological polar surface area (TPSA) is 89.6 Å². The van der Waals surface area contributed by atoms with Crippen LogP contribution < -0.4 is 15.0 Å². The second-order valence-electron chi connectivity index (χ2n) is 10.0. The highest BCUT2D eigenvalue weighted by Crippen LogP contribution is 2.48. The van der Waals surface area contributed by atoms with Gasteiger partial charge in [0, 0.05) is 11.1 Å². The fraction of sp³-hybridized carbons (Fsp3) is 0.182. The number of hydrogen-bond acceptors (Lipinski definition) is 6. The molecule has 5 aromatic rings. The van der Waals surface area contributed by atoms with Gasteiger partial charge in [-0.25, -0.2) is 4.68 Å². The van der Waals surface area contributed by atoms with Crippen LogP contribution in [0.5, 0.6) is 5.75 Å². The van der Waals surface area contributed by atoms with Crippen LogP contribution in [0.4, 0.5) is 5.82 Å². The molecule has 1 N–H and O–H groups in total. The summed E-state index contributed by atoms with van der Waals surface area (Å²) in [5, 5.41) is 7.82. The van der Waals surface area contributed by atoms with Gasteiger partial charge in [-0.05, 0) is 48.9 Å². The third-order valence-corrected chi connectivity index (χ3v) is 8.39. The molecule has 8 nitrogen and oxygen atoms in total. The minimum Gasteiger partial charge on any atom is -0.497 e. The van der Waals surface area contributed by atoms with Crippen molar-refractivity contribution in [2.24, 2.45) is 0 Å². The molecule has 3 aromatic carbocycles. The molecule has 0 fully saturated rings. The van der Waals surface area contributed by atoms with Gasteiger partial charge in [-0.2, -0.15) is 5.10 Å². The Morgan fingerprint density at radius 2 is 1.86 bits per heavy atom. The van der Waals surface area contributed by atoms with Crippen LogP contribution >= 0.6 is 11.8 Å². The van der Waals surface area contributed by atoms with Crippen molar-refractivity contribution in [1.82, 2.24) is 15.1 Å². The van der Waals surface area contributed by atoms with Crippen molar-refractivity contribution in [2.45, 2.75) is 18.7 Å². The van der Waals surface area contributed by atoms with Gasteiger partial charge in [0.15, 0.2) is 0 Å². The molecule has 9 heteroatoms. The molecule has 0 saturated carbocycles. The van der Waals surface area contributed by atoms with E-state index in [0.717, 1.165) is 33.6 Å². The molecule has 212 valence electrons. The zero-order valence-electron chi connectivity index (χ0n) is 23.3. The normalized spacial score (nSPS) is 14.8. The highest BCUT2D eigenvalue weighted by Gasteiger charge is 2.37. The molecule has 0 spiro atoms. The number of furan rings is 1. The van der Waals surface area contributed by atoms with E-state index in [2.05, 4.69) is 30.4 Å². The van der Waals surface area contributed by atoms with Crippen molar-refractivity contribution >= 4 is 29.4 Å². The number of fused-ring (bicyclic) bond motifs is 1. The molecule has 42 heavy (non-hydrogen) atoms. The highest BCUT2D eigenvalue weighted by atomic mass is 32.2. The number of benzene rings is 3. The maximum atomic E-state index is 13.9. The number of carbonyl (C=O) groups is 2. The lowest BCUT2D eigenvalue weighted by Gasteiger charge is -2.23. The third-order valence-electron chi connectivity index (χ3n) is 7.14. The van der Waals surface area contributed by atoms with Crippen LogP contribution in [0.15, 0.2) is 102 Å². The van der Waals surface area contributed by atoms with Crippen LogP contribution in [-0.4, -0.2) is 41.0 Å². The van der Waals surface area contributed by atoms with Crippen LogP contribution in [0.25, 0.3) is 16.9 Å². The Hall–Kier alpha value is -4.76. The number of carbonyl (C=O) groups excluding carboxylic acids is 2. The molecular formula is C33H30N4O4S. The largest absolute Gasteiger partial charge is 0.497 e. The van der Waals surface area contributed by atoms with E-state index >= 15 is 0 Å². The van der Waals surface area contributed by atoms with Gasteiger partial charge in [0.25, 0.3) is 0 Å². The summed E-state index contributed by atoms with van der Waals surface area (Å²) in [5.74, 6) is 1.66. The minimum absolute atomic E-state index is 0.163. The third kappa shape index (κ3) is 5.56. The molecule has 6 rings (SSSR count). The SMILES string of the molecule is COc1ccc(-n2nc(-c3ccccc3)c3c2N(CC(=O)NCc2ccco2)C(=O)CS[C@@H]3c2cccc(C)c2)cc1. The van der Waals surface area contributed by atoms with E-state index in [4.69, 9.17) is 14.3 Å². The zero-order chi connectivity index (χ0) is 29.1. The monoisotopic (exact) mass is 578 g/mol. The number of anilines is 1. The van der Waals surface area contributed by atoms with Crippen molar-refractivity contribution in [3.8, 4) is 22.7 Å². The van der Waals surface area contributed by atoms with Crippen LogP contribution in [0.1, 0.15) is 27.7 Å². The maximum Gasteiger partial charge on any atom is 0.240 e. The summed E-state index contributed by atoms with van der Waals surface area (Å²) in [4.78, 5) is 28.7. The smallest absolute Gasteiger partial charge is 0.240 e. The molecule has 0 radical (unpaired) electrons. The fourth-order valence-electron chi connectivity index (χ4n) is 5.13. The molecule has 0 aliphatic carbocycles. The second-order valence-corrected chi connectivity index (χ2v) is 11.1. The van der Waals surface area contributed by atoms with Crippen molar-refractivity contribution in [2.75, 3.05) is 24.3 Å². The molecule has 2 aromatic heterocycles. The van der Waals surface area contributed by atoms with Crippen LogP contribution in [0, 0.1) is 6.92 Å². The summed E-state index contributed by atoms with van der Waals surface area (Å²) >= 11 is 1.55. The number of amides is 2. The van der Waals surface area contributed by atoms with Crippen molar-refractivity contribution in [3.63, 3.8) is 0 Å². The van der Waals surface area contributed by atoms with Crippen molar-refractivity contribution in [1.29, 1.82) is 0 Å². The van der Waals surface area contributed by atoms with Gasteiger partial charge in [0.1, 0.15) is 23.9 Å². The summed E-state index contributed by atoms with van der Waals surface area (Å²) in [6.45, 7) is 2.13. The number of ether oxygens (including phenoxy) is 1. The Morgan fingerprint density at radius 3 is 2.57 bits per heavy atom. The molecule has 0 bridgehead atoms. The lowest BCUT2D eigenvalue weighted by molar-refractivity contribution is -0.123. The number of aromatic nitrogens is 2. The van der Waals surface area contributed by atoms with Gasteiger partial charge >= 0.3 is 0 Å². The van der Waals surface area contributed by atoms with E-state index in [-0.39, 0.29) is 35.9 Å². The molecular weight excluding hydrogens is 548 g/mol. The van der Waals surface area contributed by atoms with Gasteiger partial charge in [0.05, 0.1) is 42.3 Å². The summed E-state index contributed by atoms with van der Waals surface area (Å²) in [5.41, 5.74) is 5.52. The Bertz CT molecular complexity index is 1700. The molecule has 1 aliphatic rings. The first-order valence-corrected chi connectivity index (χ1v) is 14.7. The van der Waals surface area contributed by atoms with E-state index in [0.29, 0.717) is 17.3 Å². The Kier molecular flexibility index (Phi) is 7.83. The molecule has 2 amide bonds. The first-order chi connectivity index (χ1) is 20.5. The zero-order valence-corrected chi connectivity index (χ0v) is 24.1. The lowest BCUT2D eigenvalue weighted by atomic mass is 9.98. The van der Waals surface area contributed by atoms with E-state index in [1.165, 1.54) is 0 Å². The number of thioether (sulfide) groups is 1. The predicted molar refractivity (Wildman–Crippen MR) is 164 cm³/mol. The van der Waals surface area contributed by atoms with Crippen LogP contribution in [-0.2, 0) is 16.1 Å². The number of methoxy groups -OCH3 is 1. The van der Waals surface area contributed by atoms with Gasteiger partial charge in [0.2, 0.25) is 11.8 Å². The molecule has 0 unspecified atom stereocenters.